The van der Waals surface area contributed by atoms with Gasteiger partial charge < -0.3 is 0 Å². The molecule has 6 atom stereocenters. The van der Waals surface area contributed by atoms with Crippen LogP contribution in [0.1, 0.15) is 19.3 Å². The number of fused-ring (bicyclic) bond motifs is 5. The summed E-state index contributed by atoms with van der Waals surface area (Å²) in [6.07, 6.45) is 8.48. The van der Waals surface area contributed by atoms with Gasteiger partial charge in [-0.3, -0.25) is 0 Å². The third kappa shape index (κ3) is 1.18. The molecule has 2 fully saturated rings. The summed E-state index contributed by atoms with van der Waals surface area (Å²) < 4.78 is 0. The molecule has 0 radical (unpaired) electrons. The van der Waals surface area contributed by atoms with Crippen molar-refractivity contribution in [3.05, 3.63) is 12.2 Å². The summed E-state index contributed by atoms with van der Waals surface area (Å²) >= 11 is 12.4. The van der Waals surface area contributed by atoms with E-state index in [2.05, 4.69) is 12.2 Å². The molecule has 3 aliphatic rings. The molecular formula is C11H14Cl2. The Bertz CT molecular complexity index is 224. The summed E-state index contributed by atoms with van der Waals surface area (Å²) in [5.74, 6) is 3.38. The van der Waals surface area contributed by atoms with Crippen molar-refractivity contribution in [2.45, 2.75) is 30.0 Å². The van der Waals surface area contributed by atoms with Gasteiger partial charge >= 0.3 is 0 Å². The average Bonchev–Trinajstić information content (AvgIpc) is 2.67. The smallest absolute Gasteiger partial charge is 0.0502 e. The van der Waals surface area contributed by atoms with Crippen molar-refractivity contribution >= 4 is 23.2 Å². The molecule has 0 spiro atoms. The first-order valence-electron chi connectivity index (χ1n) is 5.22. The van der Waals surface area contributed by atoms with Crippen molar-refractivity contribution in [1.82, 2.24) is 0 Å². The largest absolute Gasteiger partial charge is 0.121 e. The van der Waals surface area contributed by atoms with Crippen LogP contribution in [0.3, 0.4) is 0 Å². The van der Waals surface area contributed by atoms with E-state index >= 15 is 0 Å². The minimum atomic E-state index is 0.218. The van der Waals surface area contributed by atoms with Crippen LogP contribution in [0.15, 0.2) is 12.2 Å². The summed E-state index contributed by atoms with van der Waals surface area (Å²) in [6, 6.07) is 0. The van der Waals surface area contributed by atoms with E-state index in [1.165, 1.54) is 6.42 Å². The maximum absolute atomic E-state index is 6.21. The number of hydrogen-bond donors (Lipinski definition) is 0. The Labute approximate surface area is 89.3 Å². The van der Waals surface area contributed by atoms with Crippen molar-refractivity contribution in [3.63, 3.8) is 0 Å². The lowest BCUT2D eigenvalue weighted by Crippen LogP contribution is -2.35. The van der Waals surface area contributed by atoms with Gasteiger partial charge in [-0.15, -0.1) is 23.2 Å². The first-order valence-corrected chi connectivity index (χ1v) is 6.09. The molecule has 6 unspecified atom stereocenters. The summed E-state index contributed by atoms with van der Waals surface area (Å²) in [5.41, 5.74) is 0. The molecule has 0 aromatic rings. The molecule has 0 aromatic carbocycles. The molecule has 2 bridgehead atoms. The van der Waals surface area contributed by atoms with Crippen LogP contribution in [0, 0.1) is 23.7 Å². The maximum atomic E-state index is 6.21. The van der Waals surface area contributed by atoms with Crippen LogP contribution in [-0.4, -0.2) is 10.8 Å². The fourth-order valence-corrected chi connectivity index (χ4v) is 4.16. The molecule has 0 N–H and O–H groups in total. The SMILES string of the molecule is ClC1CC2C3C=CC(C3)C2CC1Cl. The third-order valence-corrected chi connectivity index (χ3v) is 5.28. The van der Waals surface area contributed by atoms with E-state index in [0.29, 0.717) is 0 Å². The Morgan fingerprint density at radius 3 is 1.69 bits per heavy atom. The second-order valence-corrected chi connectivity index (χ2v) is 5.90. The Kier molecular flexibility index (Phi) is 1.92. The first kappa shape index (κ1) is 8.61. The third-order valence-electron chi connectivity index (χ3n) is 4.19. The van der Waals surface area contributed by atoms with Gasteiger partial charge in [-0.2, -0.15) is 0 Å². The molecule has 13 heavy (non-hydrogen) atoms. The lowest BCUT2D eigenvalue weighted by atomic mass is 9.73. The van der Waals surface area contributed by atoms with E-state index in [0.717, 1.165) is 36.5 Å². The first-order chi connectivity index (χ1) is 6.25. The Hall–Kier alpha value is 0.320. The lowest BCUT2D eigenvalue weighted by Gasteiger charge is -2.37. The van der Waals surface area contributed by atoms with E-state index in [9.17, 15) is 0 Å². The molecule has 0 heterocycles. The summed E-state index contributed by atoms with van der Waals surface area (Å²) in [6.45, 7) is 0. The summed E-state index contributed by atoms with van der Waals surface area (Å²) in [4.78, 5) is 0. The van der Waals surface area contributed by atoms with Crippen LogP contribution in [0.2, 0.25) is 0 Å². The minimum absolute atomic E-state index is 0.218. The fourth-order valence-electron chi connectivity index (χ4n) is 3.54. The highest BCUT2D eigenvalue weighted by atomic mass is 35.5. The van der Waals surface area contributed by atoms with Gasteiger partial charge in [-0.1, -0.05) is 12.2 Å². The molecule has 0 nitrogen and oxygen atoms in total. The molecule has 2 saturated carbocycles. The van der Waals surface area contributed by atoms with E-state index in [4.69, 9.17) is 23.2 Å². The number of halogens is 2. The maximum Gasteiger partial charge on any atom is 0.0502 e. The lowest BCUT2D eigenvalue weighted by molar-refractivity contribution is 0.228. The number of alkyl halides is 2. The van der Waals surface area contributed by atoms with Crippen LogP contribution < -0.4 is 0 Å². The Morgan fingerprint density at radius 1 is 0.769 bits per heavy atom. The van der Waals surface area contributed by atoms with Gasteiger partial charge in [0.25, 0.3) is 0 Å². The van der Waals surface area contributed by atoms with E-state index in [-0.39, 0.29) is 10.8 Å². The zero-order chi connectivity index (χ0) is 9.00. The second kappa shape index (κ2) is 2.90. The van der Waals surface area contributed by atoms with Crippen molar-refractivity contribution in [3.8, 4) is 0 Å². The van der Waals surface area contributed by atoms with Gasteiger partial charge in [0.05, 0.1) is 10.8 Å². The molecule has 0 aliphatic heterocycles. The van der Waals surface area contributed by atoms with E-state index in [1.807, 2.05) is 0 Å². The van der Waals surface area contributed by atoms with Gasteiger partial charge in [0, 0.05) is 0 Å². The monoisotopic (exact) mass is 216 g/mol. The van der Waals surface area contributed by atoms with Gasteiger partial charge in [0.15, 0.2) is 0 Å². The molecule has 0 saturated heterocycles. The van der Waals surface area contributed by atoms with E-state index in [1.54, 1.807) is 0 Å². The van der Waals surface area contributed by atoms with Gasteiger partial charge in [-0.05, 0) is 42.9 Å². The normalized spacial score (nSPS) is 58.3. The van der Waals surface area contributed by atoms with Gasteiger partial charge in [0.1, 0.15) is 0 Å². The number of allylic oxidation sites excluding steroid dienone is 2. The average molecular weight is 217 g/mol. The van der Waals surface area contributed by atoms with Crippen molar-refractivity contribution in [1.29, 1.82) is 0 Å². The van der Waals surface area contributed by atoms with E-state index < -0.39 is 0 Å². The van der Waals surface area contributed by atoms with Gasteiger partial charge in [-0.25, -0.2) is 0 Å². The van der Waals surface area contributed by atoms with Crippen LogP contribution in [0.4, 0.5) is 0 Å². The molecule has 0 amide bonds. The standard InChI is InChI=1S/C11H14Cl2/c12-10-4-8-6-1-2-7(3-6)9(8)5-11(10)13/h1-2,6-11H,3-5H2. The fraction of sp³-hybridized carbons (Fsp3) is 0.818. The Balaban J connectivity index is 1.85. The zero-order valence-electron chi connectivity index (χ0n) is 7.50. The molecule has 3 aliphatic carbocycles. The summed E-state index contributed by atoms with van der Waals surface area (Å²) in [5, 5.41) is 0.436. The highest BCUT2D eigenvalue weighted by Crippen LogP contribution is 2.55. The second-order valence-electron chi connectivity index (χ2n) is 4.78. The quantitative estimate of drug-likeness (QED) is 0.430. The van der Waals surface area contributed by atoms with Crippen molar-refractivity contribution in [2.75, 3.05) is 0 Å². The van der Waals surface area contributed by atoms with Crippen LogP contribution >= 0.6 is 23.2 Å². The highest BCUT2D eigenvalue weighted by molar-refractivity contribution is 6.30. The molecular weight excluding hydrogens is 203 g/mol. The Morgan fingerprint density at radius 2 is 1.23 bits per heavy atom. The minimum Gasteiger partial charge on any atom is -0.121 e. The molecule has 72 valence electrons. The molecule has 2 heteroatoms. The van der Waals surface area contributed by atoms with Crippen molar-refractivity contribution in [2.24, 2.45) is 23.7 Å². The summed E-state index contributed by atoms with van der Waals surface area (Å²) in [7, 11) is 0. The number of rotatable bonds is 0. The molecule has 3 rings (SSSR count). The predicted molar refractivity (Wildman–Crippen MR) is 56.2 cm³/mol. The highest BCUT2D eigenvalue weighted by Gasteiger charge is 2.48. The van der Waals surface area contributed by atoms with Crippen LogP contribution in [-0.2, 0) is 0 Å². The van der Waals surface area contributed by atoms with Gasteiger partial charge in [0.2, 0.25) is 0 Å². The molecule has 0 aromatic heterocycles. The van der Waals surface area contributed by atoms with Crippen molar-refractivity contribution < 1.29 is 0 Å². The topological polar surface area (TPSA) is 0 Å². The van der Waals surface area contributed by atoms with Crippen LogP contribution in [0.5, 0.6) is 0 Å². The predicted octanol–water partition coefficient (Wildman–Crippen LogP) is 3.43. The number of hydrogen-bond acceptors (Lipinski definition) is 0. The van der Waals surface area contributed by atoms with Crippen LogP contribution in [0.25, 0.3) is 0 Å². The zero-order valence-corrected chi connectivity index (χ0v) is 9.01.